The number of ether oxygens (including phenoxy) is 1. The van der Waals surface area contributed by atoms with E-state index in [9.17, 15) is 0 Å². The molecule has 1 heterocycles. The molecule has 1 aliphatic carbocycles. The first-order valence-corrected chi connectivity index (χ1v) is 7.94. The van der Waals surface area contributed by atoms with Crippen molar-refractivity contribution < 1.29 is 4.74 Å². The molecule has 1 aliphatic heterocycles. The topological polar surface area (TPSA) is 47.3 Å². The van der Waals surface area contributed by atoms with Crippen molar-refractivity contribution in [3.8, 4) is 0 Å². The Balaban J connectivity index is 1.86. The van der Waals surface area contributed by atoms with Crippen LogP contribution in [0.25, 0.3) is 0 Å². The molecule has 3 N–H and O–H groups in total. The monoisotopic (exact) mass is 274 g/mol. The van der Waals surface area contributed by atoms with E-state index in [0.29, 0.717) is 6.04 Å². The Morgan fingerprint density at radius 1 is 1.20 bits per heavy atom. The molecule has 1 saturated heterocycles. The Hall–Kier alpha value is -0.900. The van der Waals surface area contributed by atoms with Crippen molar-refractivity contribution in [2.24, 2.45) is 11.8 Å². The molecule has 1 atom stereocenters. The highest BCUT2D eigenvalue weighted by Gasteiger charge is 2.42. The van der Waals surface area contributed by atoms with Gasteiger partial charge >= 0.3 is 0 Å². The highest BCUT2D eigenvalue weighted by Crippen LogP contribution is 2.42. The summed E-state index contributed by atoms with van der Waals surface area (Å²) < 4.78 is 5.62. The number of nitrogens with one attached hydrogen (secondary N) is 1. The maximum Gasteiger partial charge on any atom is 0.0475 e. The second-order valence-electron chi connectivity index (χ2n) is 6.39. The van der Waals surface area contributed by atoms with Gasteiger partial charge in [0, 0.05) is 24.7 Å². The van der Waals surface area contributed by atoms with Crippen LogP contribution in [0, 0.1) is 5.92 Å². The quantitative estimate of drug-likeness (QED) is 0.641. The van der Waals surface area contributed by atoms with E-state index in [-0.39, 0.29) is 5.41 Å². The summed E-state index contributed by atoms with van der Waals surface area (Å²) in [5.41, 5.74) is 4.72. The van der Waals surface area contributed by atoms with Crippen LogP contribution in [0.2, 0.25) is 0 Å². The van der Waals surface area contributed by atoms with Gasteiger partial charge in [0.1, 0.15) is 0 Å². The zero-order chi connectivity index (χ0) is 13.8. The van der Waals surface area contributed by atoms with Gasteiger partial charge in [-0.25, -0.2) is 0 Å². The SMILES string of the molecule is NNC(CC1CCC1)C1(c2ccccc2)CCOCC1. The lowest BCUT2D eigenvalue weighted by molar-refractivity contribution is 0.0275. The van der Waals surface area contributed by atoms with Gasteiger partial charge in [0.25, 0.3) is 0 Å². The lowest BCUT2D eigenvalue weighted by Gasteiger charge is -2.46. The van der Waals surface area contributed by atoms with E-state index < -0.39 is 0 Å². The van der Waals surface area contributed by atoms with Gasteiger partial charge in [-0.1, -0.05) is 49.6 Å². The molecule has 1 aromatic rings. The fourth-order valence-electron chi connectivity index (χ4n) is 3.86. The third-order valence-electron chi connectivity index (χ3n) is 5.40. The van der Waals surface area contributed by atoms with E-state index in [0.717, 1.165) is 32.0 Å². The van der Waals surface area contributed by atoms with Crippen molar-refractivity contribution >= 4 is 0 Å². The molecule has 0 radical (unpaired) electrons. The standard InChI is InChI=1S/C17H26N2O/c18-19-16(13-14-5-4-6-14)17(9-11-20-12-10-17)15-7-2-1-3-8-15/h1-3,7-8,14,16,19H,4-6,9-13,18H2. The van der Waals surface area contributed by atoms with Crippen LogP contribution in [0.15, 0.2) is 30.3 Å². The summed E-state index contributed by atoms with van der Waals surface area (Å²) in [5, 5.41) is 0. The number of benzene rings is 1. The van der Waals surface area contributed by atoms with Crippen LogP contribution in [0.5, 0.6) is 0 Å². The van der Waals surface area contributed by atoms with E-state index in [1.54, 1.807) is 0 Å². The van der Waals surface area contributed by atoms with Gasteiger partial charge in [0.05, 0.1) is 0 Å². The van der Waals surface area contributed by atoms with Gasteiger partial charge < -0.3 is 4.74 Å². The molecule has 3 heteroatoms. The van der Waals surface area contributed by atoms with Crippen LogP contribution in [0.3, 0.4) is 0 Å². The van der Waals surface area contributed by atoms with Crippen LogP contribution in [-0.2, 0) is 10.2 Å². The third-order valence-corrected chi connectivity index (χ3v) is 5.40. The van der Waals surface area contributed by atoms with Crippen molar-refractivity contribution in [3.05, 3.63) is 35.9 Å². The van der Waals surface area contributed by atoms with Crippen molar-refractivity contribution in [2.75, 3.05) is 13.2 Å². The maximum absolute atomic E-state index is 5.96. The van der Waals surface area contributed by atoms with E-state index in [1.165, 1.54) is 31.2 Å². The number of hydrogen-bond acceptors (Lipinski definition) is 3. The van der Waals surface area contributed by atoms with Crippen molar-refractivity contribution in [1.82, 2.24) is 5.43 Å². The highest BCUT2D eigenvalue weighted by molar-refractivity contribution is 5.28. The molecular weight excluding hydrogens is 248 g/mol. The molecule has 0 spiro atoms. The van der Waals surface area contributed by atoms with E-state index in [4.69, 9.17) is 10.6 Å². The molecule has 1 saturated carbocycles. The summed E-state index contributed by atoms with van der Waals surface area (Å²) in [4.78, 5) is 0. The lowest BCUT2D eigenvalue weighted by Crippen LogP contribution is -2.54. The molecule has 1 aromatic carbocycles. The summed E-state index contributed by atoms with van der Waals surface area (Å²) in [5.74, 6) is 6.82. The molecule has 20 heavy (non-hydrogen) atoms. The van der Waals surface area contributed by atoms with Crippen molar-refractivity contribution in [3.63, 3.8) is 0 Å². The van der Waals surface area contributed by atoms with Gasteiger partial charge in [-0.2, -0.15) is 0 Å². The summed E-state index contributed by atoms with van der Waals surface area (Å²) in [7, 11) is 0. The molecule has 3 nitrogen and oxygen atoms in total. The normalized spacial score (nSPS) is 24.1. The molecule has 0 amide bonds. The van der Waals surface area contributed by atoms with Crippen LogP contribution in [-0.4, -0.2) is 19.3 Å². The van der Waals surface area contributed by atoms with E-state index in [1.807, 2.05) is 0 Å². The highest BCUT2D eigenvalue weighted by atomic mass is 16.5. The number of hydrazine groups is 1. The molecule has 2 aliphatic rings. The van der Waals surface area contributed by atoms with Crippen molar-refractivity contribution in [1.29, 1.82) is 0 Å². The second kappa shape index (κ2) is 6.25. The lowest BCUT2D eigenvalue weighted by atomic mass is 9.65. The molecule has 1 unspecified atom stereocenters. The Morgan fingerprint density at radius 3 is 2.45 bits per heavy atom. The van der Waals surface area contributed by atoms with Crippen LogP contribution in [0.1, 0.15) is 44.1 Å². The Kier molecular flexibility index (Phi) is 4.39. The van der Waals surface area contributed by atoms with Gasteiger partial charge in [-0.3, -0.25) is 11.3 Å². The predicted molar refractivity (Wildman–Crippen MR) is 81.2 cm³/mol. The minimum atomic E-state index is 0.143. The first-order chi connectivity index (χ1) is 9.85. The first-order valence-electron chi connectivity index (χ1n) is 7.94. The summed E-state index contributed by atoms with van der Waals surface area (Å²) in [6, 6.07) is 11.3. The molecule has 0 aromatic heterocycles. The smallest absolute Gasteiger partial charge is 0.0475 e. The molecule has 3 rings (SSSR count). The minimum absolute atomic E-state index is 0.143. The van der Waals surface area contributed by atoms with Crippen molar-refractivity contribution in [2.45, 2.75) is 50.0 Å². The molecule has 0 bridgehead atoms. The van der Waals surface area contributed by atoms with Crippen LogP contribution >= 0.6 is 0 Å². The van der Waals surface area contributed by atoms with Gasteiger partial charge in [0.15, 0.2) is 0 Å². The summed E-state index contributed by atoms with van der Waals surface area (Å²) >= 11 is 0. The molecular formula is C17H26N2O. The zero-order valence-corrected chi connectivity index (χ0v) is 12.2. The maximum atomic E-state index is 5.96. The fraction of sp³-hybridized carbons (Fsp3) is 0.647. The number of rotatable bonds is 5. The first kappa shape index (κ1) is 14.1. The average Bonchev–Trinajstić information content (AvgIpc) is 2.48. The Labute approximate surface area is 121 Å². The number of nitrogens with two attached hydrogens (primary N) is 1. The third kappa shape index (κ3) is 2.62. The van der Waals surface area contributed by atoms with E-state index in [2.05, 4.69) is 35.8 Å². The minimum Gasteiger partial charge on any atom is -0.381 e. The molecule has 2 fully saturated rings. The molecule has 110 valence electrons. The Bertz CT molecular complexity index is 410. The van der Waals surface area contributed by atoms with Gasteiger partial charge in [0.2, 0.25) is 0 Å². The zero-order valence-electron chi connectivity index (χ0n) is 12.2. The van der Waals surface area contributed by atoms with Crippen LogP contribution < -0.4 is 11.3 Å². The predicted octanol–water partition coefficient (Wildman–Crippen LogP) is 2.76. The Morgan fingerprint density at radius 2 is 1.90 bits per heavy atom. The average molecular weight is 274 g/mol. The largest absolute Gasteiger partial charge is 0.381 e. The van der Waals surface area contributed by atoms with Crippen LogP contribution in [0.4, 0.5) is 0 Å². The second-order valence-corrected chi connectivity index (χ2v) is 6.39. The summed E-state index contributed by atoms with van der Waals surface area (Å²) in [6.45, 7) is 1.69. The van der Waals surface area contributed by atoms with E-state index >= 15 is 0 Å². The fourth-order valence-corrected chi connectivity index (χ4v) is 3.86. The summed E-state index contributed by atoms with van der Waals surface area (Å²) in [6.07, 6.45) is 7.48. The van der Waals surface area contributed by atoms with Gasteiger partial charge in [-0.05, 0) is 30.7 Å². The number of hydrogen-bond donors (Lipinski definition) is 2. The van der Waals surface area contributed by atoms with Gasteiger partial charge in [-0.15, -0.1) is 0 Å².